The Hall–Kier alpha value is -0.460. The van der Waals surface area contributed by atoms with Crippen molar-refractivity contribution in [2.24, 2.45) is 11.8 Å². The smallest absolute Gasteiger partial charge is 0.0260 e. The summed E-state index contributed by atoms with van der Waals surface area (Å²) in [7, 11) is 0. The fourth-order valence-electron chi connectivity index (χ4n) is 2.33. The second-order valence-electron chi connectivity index (χ2n) is 4.78. The fourth-order valence-corrected chi connectivity index (χ4v) is 2.33. The minimum absolute atomic E-state index is 0.729. The second-order valence-corrected chi connectivity index (χ2v) is 4.78. The van der Waals surface area contributed by atoms with Crippen molar-refractivity contribution < 1.29 is 0 Å². The van der Waals surface area contributed by atoms with Crippen molar-refractivity contribution in [2.75, 3.05) is 0 Å². The summed E-state index contributed by atoms with van der Waals surface area (Å²) in [5.41, 5.74) is 1.41. The topological polar surface area (TPSA) is 12.0 Å². The monoisotopic (exact) mass is 195 g/mol. The molecule has 0 aromatic heterocycles. The van der Waals surface area contributed by atoms with Gasteiger partial charge in [-0.3, -0.25) is 0 Å². The van der Waals surface area contributed by atoms with E-state index in [1.54, 1.807) is 0 Å². The largest absolute Gasteiger partial charge is 0.386 e. The molecule has 1 heteroatoms. The quantitative estimate of drug-likeness (QED) is 0.724. The van der Waals surface area contributed by atoms with Crippen molar-refractivity contribution in [3.05, 3.63) is 11.8 Å². The predicted octanol–water partition coefficient (Wildman–Crippen LogP) is 3.71. The molecule has 1 rings (SSSR count). The number of hydrogen-bond acceptors (Lipinski definition) is 1. The van der Waals surface area contributed by atoms with Crippen LogP contribution in [0, 0.1) is 11.8 Å². The lowest BCUT2D eigenvalue weighted by molar-refractivity contribution is 0.233. The van der Waals surface area contributed by atoms with Gasteiger partial charge in [0.2, 0.25) is 0 Å². The van der Waals surface area contributed by atoms with Gasteiger partial charge in [0.15, 0.2) is 0 Å². The van der Waals surface area contributed by atoms with E-state index in [-0.39, 0.29) is 0 Å². The maximum atomic E-state index is 3.67. The number of allylic oxidation sites excluding steroid dienone is 2. The van der Waals surface area contributed by atoms with Gasteiger partial charge in [-0.25, -0.2) is 0 Å². The van der Waals surface area contributed by atoms with E-state index in [0.717, 1.165) is 24.3 Å². The highest BCUT2D eigenvalue weighted by Crippen LogP contribution is 2.29. The number of nitrogens with one attached hydrogen (secondary N) is 1. The van der Waals surface area contributed by atoms with E-state index in [0.29, 0.717) is 0 Å². The van der Waals surface area contributed by atoms with Crippen LogP contribution >= 0.6 is 0 Å². The first-order chi connectivity index (χ1) is 6.67. The van der Waals surface area contributed by atoms with E-state index in [1.165, 1.54) is 25.0 Å². The molecule has 1 aliphatic rings. The van der Waals surface area contributed by atoms with E-state index in [1.807, 2.05) is 0 Å². The number of rotatable bonds is 3. The molecule has 0 bridgehead atoms. The Balaban J connectivity index is 2.40. The number of hydrogen-bond donors (Lipinski definition) is 1. The highest BCUT2D eigenvalue weighted by atomic mass is 14.9. The Morgan fingerprint density at radius 1 is 1.29 bits per heavy atom. The molecule has 0 amide bonds. The average Bonchev–Trinajstić information content (AvgIpc) is 2.19. The first-order valence-electron chi connectivity index (χ1n) is 6.09. The molecular formula is C13H25N. The summed E-state index contributed by atoms with van der Waals surface area (Å²) in [6, 6.07) is 0.729. The molecule has 0 aliphatic heterocycles. The van der Waals surface area contributed by atoms with Crippen molar-refractivity contribution >= 4 is 0 Å². The maximum absolute atomic E-state index is 3.67. The Kier molecular flexibility index (Phi) is 4.50. The molecule has 14 heavy (non-hydrogen) atoms. The summed E-state index contributed by atoms with van der Waals surface area (Å²) in [4.78, 5) is 0. The van der Waals surface area contributed by atoms with Crippen LogP contribution in [0.5, 0.6) is 0 Å². The SMILES string of the molecule is C/C=C(\CC)N[C@H]1CC[C@@H](C)C(C)C1. The van der Waals surface area contributed by atoms with Crippen LogP contribution in [0.25, 0.3) is 0 Å². The van der Waals surface area contributed by atoms with Gasteiger partial charge in [0, 0.05) is 11.7 Å². The predicted molar refractivity (Wildman–Crippen MR) is 63.2 cm³/mol. The highest BCUT2D eigenvalue weighted by Gasteiger charge is 2.24. The van der Waals surface area contributed by atoms with Gasteiger partial charge in [0.05, 0.1) is 0 Å². The van der Waals surface area contributed by atoms with E-state index in [2.05, 4.69) is 39.1 Å². The summed E-state index contributed by atoms with van der Waals surface area (Å²) in [6.07, 6.45) is 7.43. The molecule has 1 fully saturated rings. The van der Waals surface area contributed by atoms with Gasteiger partial charge < -0.3 is 5.32 Å². The summed E-state index contributed by atoms with van der Waals surface area (Å²) >= 11 is 0. The van der Waals surface area contributed by atoms with Gasteiger partial charge in [0.1, 0.15) is 0 Å². The van der Waals surface area contributed by atoms with E-state index >= 15 is 0 Å². The normalized spacial score (nSPS) is 34.3. The maximum Gasteiger partial charge on any atom is 0.0260 e. The van der Waals surface area contributed by atoms with Gasteiger partial charge >= 0.3 is 0 Å². The molecule has 1 aliphatic carbocycles. The molecule has 3 atom stereocenters. The summed E-state index contributed by atoms with van der Waals surface area (Å²) in [6.45, 7) is 9.12. The zero-order valence-electron chi connectivity index (χ0n) is 10.1. The molecule has 1 unspecified atom stereocenters. The molecule has 1 N–H and O–H groups in total. The van der Waals surface area contributed by atoms with Gasteiger partial charge in [-0.2, -0.15) is 0 Å². The Morgan fingerprint density at radius 3 is 2.50 bits per heavy atom. The van der Waals surface area contributed by atoms with Crippen LogP contribution in [-0.2, 0) is 0 Å². The van der Waals surface area contributed by atoms with Crippen LogP contribution in [0.15, 0.2) is 11.8 Å². The lowest BCUT2D eigenvalue weighted by atomic mass is 9.79. The second kappa shape index (κ2) is 5.43. The summed E-state index contributed by atoms with van der Waals surface area (Å²) < 4.78 is 0. The van der Waals surface area contributed by atoms with Crippen molar-refractivity contribution in [3.63, 3.8) is 0 Å². The molecule has 1 nitrogen and oxygen atoms in total. The summed E-state index contributed by atoms with van der Waals surface area (Å²) in [5.74, 6) is 1.81. The molecular weight excluding hydrogens is 170 g/mol. The van der Waals surface area contributed by atoms with Crippen LogP contribution in [0.4, 0.5) is 0 Å². The minimum Gasteiger partial charge on any atom is -0.386 e. The minimum atomic E-state index is 0.729. The molecule has 0 aromatic carbocycles. The van der Waals surface area contributed by atoms with E-state index in [9.17, 15) is 0 Å². The highest BCUT2D eigenvalue weighted by molar-refractivity contribution is 4.99. The first kappa shape index (κ1) is 11.6. The standard InChI is InChI=1S/C13H25N/c1-5-12(6-2)14-13-8-7-10(3)11(4)9-13/h5,10-11,13-14H,6-9H2,1-4H3/b12-5+/t10-,11?,13+/m1/s1. The zero-order chi connectivity index (χ0) is 10.6. The molecule has 0 spiro atoms. The van der Waals surface area contributed by atoms with Crippen molar-refractivity contribution in [2.45, 2.75) is 59.4 Å². The molecule has 0 radical (unpaired) electrons. The fraction of sp³-hybridized carbons (Fsp3) is 0.846. The molecule has 82 valence electrons. The third-order valence-corrected chi connectivity index (χ3v) is 3.72. The van der Waals surface area contributed by atoms with Crippen molar-refractivity contribution in [3.8, 4) is 0 Å². The van der Waals surface area contributed by atoms with Crippen LogP contribution in [-0.4, -0.2) is 6.04 Å². The molecule has 0 heterocycles. The van der Waals surface area contributed by atoms with Crippen molar-refractivity contribution in [1.29, 1.82) is 0 Å². The van der Waals surface area contributed by atoms with Crippen LogP contribution in [0.1, 0.15) is 53.4 Å². The average molecular weight is 195 g/mol. The Morgan fingerprint density at radius 2 is 2.00 bits per heavy atom. The van der Waals surface area contributed by atoms with Crippen LogP contribution in [0.2, 0.25) is 0 Å². The summed E-state index contributed by atoms with van der Waals surface area (Å²) in [5, 5.41) is 3.67. The third kappa shape index (κ3) is 3.04. The Bertz CT molecular complexity index is 195. The molecule has 0 aromatic rings. The third-order valence-electron chi connectivity index (χ3n) is 3.72. The van der Waals surface area contributed by atoms with Gasteiger partial charge in [-0.05, 0) is 44.4 Å². The van der Waals surface area contributed by atoms with Crippen molar-refractivity contribution in [1.82, 2.24) is 5.32 Å². The van der Waals surface area contributed by atoms with Gasteiger partial charge in [-0.15, -0.1) is 0 Å². The van der Waals surface area contributed by atoms with Crippen LogP contribution < -0.4 is 5.32 Å². The first-order valence-corrected chi connectivity index (χ1v) is 6.09. The Labute approximate surface area is 89.0 Å². The zero-order valence-corrected chi connectivity index (χ0v) is 10.1. The molecule has 0 saturated heterocycles. The van der Waals surface area contributed by atoms with Gasteiger partial charge in [0.25, 0.3) is 0 Å². The lowest BCUT2D eigenvalue weighted by Crippen LogP contribution is -2.35. The van der Waals surface area contributed by atoms with Crippen LogP contribution in [0.3, 0.4) is 0 Å². The van der Waals surface area contributed by atoms with E-state index < -0.39 is 0 Å². The lowest BCUT2D eigenvalue weighted by Gasteiger charge is -2.33. The van der Waals surface area contributed by atoms with Gasteiger partial charge in [-0.1, -0.05) is 26.8 Å². The molecule has 1 saturated carbocycles. The van der Waals surface area contributed by atoms with E-state index in [4.69, 9.17) is 0 Å².